The van der Waals surface area contributed by atoms with Crippen LogP contribution in [0, 0.1) is 5.82 Å². The summed E-state index contributed by atoms with van der Waals surface area (Å²) in [4.78, 5) is 14.4. The Morgan fingerprint density at radius 2 is 2.05 bits per heavy atom. The van der Waals surface area contributed by atoms with Crippen molar-refractivity contribution in [3.8, 4) is 0 Å². The van der Waals surface area contributed by atoms with E-state index in [1.54, 1.807) is 0 Å². The van der Waals surface area contributed by atoms with Crippen LogP contribution in [0.2, 0.25) is 0 Å². The highest BCUT2D eigenvalue weighted by atomic mass is 79.9. The van der Waals surface area contributed by atoms with Crippen LogP contribution in [0.1, 0.15) is 36.0 Å². The van der Waals surface area contributed by atoms with Gasteiger partial charge in [0.05, 0.1) is 5.56 Å². The van der Waals surface area contributed by atoms with Crippen LogP contribution in [0.15, 0.2) is 22.7 Å². The lowest BCUT2D eigenvalue weighted by atomic mass is 9.96. The van der Waals surface area contributed by atoms with Crippen LogP contribution < -0.4 is 5.32 Å². The molecule has 0 spiro atoms. The average Bonchev–Trinajstić information content (AvgIpc) is 2.86. The van der Waals surface area contributed by atoms with Crippen molar-refractivity contribution < 1.29 is 9.18 Å². The predicted octanol–water partition coefficient (Wildman–Crippen LogP) is 3.19. The van der Waals surface area contributed by atoms with Crippen molar-refractivity contribution >= 4 is 21.8 Å². The van der Waals surface area contributed by atoms with Crippen molar-refractivity contribution in [2.45, 2.75) is 31.2 Å². The van der Waals surface area contributed by atoms with E-state index in [0.29, 0.717) is 16.6 Å². The summed E-state index contributed by atoms with van der Waals surface area (Å²) in [6.07, 6.45) is 4.61. The molecule has 2 rings (SSSR count). The van der Waals surface area contributed by atoms with Gasteiger partial charge in [0.1, 0.15) is 5.82 Å². The Hall–Kier alpha value is -0.940. The molecule has 110 valence electrons. The molecule has 0 aromatic heterocycles. The third-order valence-electron chi connectivity index (χ3n) is 4.24. The van der Waals surface area contributed by atoms with Gasteiger partial charge in [-0.05, 0) is 61.1 Å². The van der Waals surface area contributed by atoms with E-state index in [2.05, 4.69) is 40.2 Å². The van der Waals surface area contributed by atoms with Crippen LogP contribution in [0.5, 0.6) is 0 Å². The van der Waals surface area contributed by atoms with Crippen molar-refractivity contribution in [2.24, 2.45) is 0 Å². The zero-order valence-corrected chi connectivity index (χ0v) is 13.5. The van der Waals surface area contributed by atoms with Crippen LogP contribution in [-0.2, 0) is 0 Å². The first kappa shape index (κ1) is 15.4. The number of nitrogens with zero attached hydrogens (tertiary/aromatic N) is 1. The maximum atomic E-state index is 13.0. The molecule has 1 aliphatic carbocycles. The van der Waals surface area contributed by atoms with Crippen molar-refractivity contribution in [3.05, 3.63) is 34.1 Å². The minimum atomic E-state index is -0.353. The fraction of sp³-hybridized carbons (Fsp3) is 0.533. The molecule has 0 bridgehead atoms. The average molecular weight is 343 g/mol. The number of benzene rings is 1. The molecule has 1 aromatic carbocycles. The Morgan fingerprint density at radius 3 is 2.60 bits per heavy atom. The summed E-state index contributed by atoms with van der Waals surface area (Å²) >= 11 is 3.23. The molecule has 3 nitrogen and oxygen atoms in total. The molecule has 0 unspecified atom stereocenters. The Balaban J connectivity index is 2.04. The minimum Gasteiger partial charge on any atom is -0.350 e. The smallest absolute Gasteiger partial charge is 0.252 e. The van der Waals surface area contributed by atoms with Crippen LogP contribution in [0.4, 0.5) is 4.39 Å². The fourth-order valence-corrected chi connectivity index (χ4v) is 3.36. The van der Waals surface area contributed by atoms with Gasteiger partial charge < -0.3 is 10.2 Å². The highest BCUT2D eigenvalue weighted by Crippen LogP contribution is 2.33. The number of nitrogens with one attached hydrogen (secondary N) is 1. The second kappa shape index (κ2) is 6.22. The largest absolute Gasteiger partial charge is 0.350 e. The number of hydrogen-bond donors (Lipinski definition) is 1. The molecule has 1 N–H and O–H groups in total. The summed E-state index contributed by atoms with van der Waals surface area (Å²) in [5, 5.41) is 2.99. The summed E-state index contributed by atoms with van der Waals surface area (Å²) in [6.45, 7) is 0.628. The first-order valence-corrected chi connectivity index (χ1v) is 7.65. The Labute approximate surface area is 127 Å². The van der Waals surface area contributed by atoms with Crippen LogP contribution in [-0.4, -0.2) is 37.0 Å². The van der Waals surface area contributed by atoms with Gasteiger partial charge in [-0.15, -0.1) is 0 Å². The number of rotatable bonds is 4. The van der Waals surface area contributed by atoms with E-state index < -0.39 is 0 Å². The highest BCUT2D eigenvalue weighted by molar-refractivity contribution is 9.10. The third kappa shape index (κ3) is 3.20. The summed E-state index contributed by atoms with van der Waals surface area (Å²) < 4.78 is 13.5. The lowest BCUT2D eigenvalue weighted by molar-refractivity contribution is 0.0899. The number of likely N-dealkylation sites (N-methyl/N-ethyl adjacent to an activating group) is 1. The predicted molar refractivity (Wildman–Crippen MR) is 81.3 cm³/mol. The monoisotopic (exact) mass is 342 g/mol. The van der Waals surface area contributed by atoms with E-state index in [0.717, 1.165) is 12.8 Å². The SMILES string of the molecule is CN(C)C1(CNC(=O)c2ccc(F)cc2Br)CCCC1. The van der Waals surface area contributed by atoms with E-state index in [1.165, 1.54) is 31.0 Å². The van der Waals surface area contributed by atoms with E-state index in [-0.39, 0.29) is 17.3 Å². The zero-order valence-electron chi connectivity index (χ0n) is 11.9. The Kier molecular flexibility index (Phi) is 4.81. The molecule has 0 radical (unpaired) electrons. The van der Waals surface area contributed by atoms with Gasteiger partial charge in [-0.2, -0.15) is 0 Å². The molecule has 0 heterocycles. The van der Waals surface area contributed by atoms with Crippen molar-refractivity contribution in [1.29, 1.82) is 0 Å². The molecule has 1 amide bonds. The van der Waals surface area contributed by atoms with Crippen LogP contribution in [0.3, 0.4) is 0 Å². The molecule has 1 aliphatic rings. The Morgan fingerprint density at radius 1 is 1.40 bits per heavy atom. The number of carbonyl (C=O) groups excluding carboxylic acids is 1. The molecule has 1 aromatic rings. The molecule has 1 fully saturated rings. The molecule has 0 saturated heterocycles. The van der Waals surface area contributed by atoms with Gasteiger partial charge in [-0.3, -0.25) is 4.79 Å². The van der Waals surface area contributed by atoms with Gasteiger partial charge in [-0.25, -0.2) is 4.39 Å². The molecule has 5 heteroatoms. The molecule has 1 saturated carbocycles. The number of carbonyl (C=O) groups is 1. The summed E-state index contributed by atoms with van der Waals surface area (Å²) in [6, 6.07) is 4.12. The Bertz CT molecular complexity index is 499. The maximum absolute atomic E-state index is 13.0. The topological polar surface area (TPSA) is 32.3 Å². The quantitative estimate of drug-likeness (QED) is 0.911. The van der Waals surface area contributed by atoms with Crippen LogP contribution in [0.25, 0.3) is 0 Å². The van der Waals surface area contributed by atoms with Crippen LogP contribution >= 0.6 is 15.9 Å². The van der Waals surface area contributed by atoms with Crippen molar-refractivity contribution in [1.82, 2.24) is 10.2 Å². The van der Waals surface area contributed by atoms with Gasteiger partial charge in [-0.1, -0.05) is 12.8 Å². The van der Waals surface area contributed by atoms with Crippen molar-refractivity contribution in [3.63, 3.8) is 0 Å². The highest BCUT2D eigenvalue weighted by Gasteiger charge is 2.36. The molecule has 20 heavy (non-hydrogen) atoms. The van der Waals surface area contributed by atoms with Crippen molar-refractivity contribution in [2.75, 3.05) is 20.6 Å². The van der Waals surface area contributed by atoms with Gasteiger partial charge in [0.15, 0.2) is 0 Å². The number of amides is 1. The van der Waals surface area contributed by atoms with E-state index >= 15 is 0 Å². The second-order valence-corrected chi connectivity index (χ2v) is 6.49. The number of hydrogen-bond acceptors (Lipinski definition) is 2. The van der Waals surface area contributed by atoms with Gasteiger partial charge in [0.25, 0.3) is 5.91 Å². The number of halogens is 2. The maximum Gasteiger partial charge on any atom is 0.252 e. The molecular weight excluding hydrogens is 323 g/mol. The standard InChI is InChI=1S/C15H20BrFN2O/c1-19(2)15(7-3-4-8-15)10-18-14(20)12-6-5-11(17)9-13(12)16/h5-6,9H,3-4,7-8,10H2,1-2H3,(H,18,20). The fourth-order valence-electron chi connectivity index (χ4n) is 2.83. The summed E-state index contributed by atoms with van der Waals surface area (Å²) in [7, 11) is 4.12. The van der Waals surface area contributed by atoms with E-state index in [1.807, 2.05) is 0 Å². The first-order chi connectivity index (χ1) is 9.44. The second-order valence-electron chi connectivity index (χ2n) is 5.63. The lowest BCUT2D eigenvalue weighted by Crippen LogP contribution is -2.50. The van der Waals surface area contributed by atoms with E-state index in [9.17, 15) is 9.18 Å². The normalized spacial score (nSPS) is 17.4. The molecule has 0 atom stereocenters. The summed E-state index contributed by atoms with van der Waals surface area (Å²) in [5.74, 6) is -0.515. The molecular formula is C15H20BrFN2O. The lowest BCUT2D eigenvalue weighted by Gasteiger charge is -2.36. The first-order valence-electron chi connectivity index (χ1n) is 6.85. The van der Waals surface area contributed by atoms with Gasteiger partial charge >= 0.3 is 0 Å². The van der Waals surface area contributed by atoms with Gasteiger partial charge in [0, 0.05) is 16.6 Å². The minimum absolute atomic E-state index is 0.0577. The van der Waals surface area contributed by atoms with E-state index in [4.69, 9.17) is 0 Å². The zero-order chi connectivity index (χ0) is 14.8. The molecule has 0 aliphatic heterocycles. The third-order valence-corrected chi connectivity index (χ3v) is 4.89. The van der Waals surface area contributed by atoms with Gasteiger partial charge in [0.2, 0.25) is 0 Å². The summed E-state index contributed by atoms with van der Waals surface area (Å²) in [5.41, 5.74) is 0.528.